The van der Waals surface area contributed by atoms with E-state index in [0.717, 1.165) is 39.3 Å². The van der Waals surface area contributed by atoms with Crippen LogP contribution in [0, 0.1) is 0 Å². The first-order valence-corrected chi connectivity index (χ1v) is 8.02. The van der Waals surface area contributed by atoms with Crippen LogP contribution in [0.2, 0.25) is 0 Å². The highest BCUT2D eigenvalue weighted by molar-refractivity contribution is 9.11. The third-order valence-electron chi connectivity index (χ3n) is 3.30. The van der Waals surface area contributed by atoms with Gasteiger partial charge in [0.25, 0.3) is 0 Å². The molecule has 106 valence electrons. The number of benzene rings is 1. The highest BCUT2D eigenvalue weighted by atomic mass is 79.9. The van der Waals surface area contributed by atoms with Crippen LogP contribution in [0.1, 0.15) is 24.5 Å². The normalized spacial score (nSPS) is 14.1. The van der Waals surface area contributed by atoms with Gasteiger partial charge in [-0.2, -0.15) is 0 Å². The van der Waals surface area contributed by atoms with E-state index in [4.69, 9.17) is 10.5 Å². The molecule has 7 heteroatoms. The van der Waals surface area contributed by atoms with Crippen LogP contribution in [0.4, 0.5) is 5.69 Å². The molecule has 0 aliphatic carbocycles. The van der Waals surface area contributed by atoms with Crippen LogP contribution in [0.5, 0.6) is 5.75 Å². The number of aryl methyl sites for hydroxylation is 1. The molecule has 1 aromatic carbocycles. The smallest absolute Gasteiger partial charge is 0.171 e. The fourth-order valence-corrected chi connectivity index (χ4v) is 3.78. The SMILES string of the molecule is Nc1cc(Br)c(OCc2nnc3n2CCCC3)c(Br)c1. The zero-order valence-corrected chi connectivity index (χ0v) is 13.9. The predicted octanol–water partition coefficient (Wildman–Crippen LogP) is 3.30. The zero-order chi connectivity index (χ0) is 14.1. The first-order valence-electron chi connectivity index (χ1n) is 6.43. The van der Waals surface area contributed by atoms with Crippen LogP contribution < -0.4 is 10.5 Å². The molecule has 0 bridgehead atoms. The van der Waals surface area contributed by atoms with Gasteiger partial charge in [-0.15, -0.1) is 10.2 Å². The van der Waals surface area contributed by atoms with Gasteiger partial charge in [0.2, 0.25) is 0 Å². The summed E-state index contributed by atoms with van der Waals surface area (Å²) < 4.78 is 9.66. The molecule has 5 nitrogen and oxygen atoms in total. The standard InChI is InChI=1S/C13H14Br2N4O/c14-9-5-8(16)6-10(15)13(9)20-7-12-18-17-11-3-1-2-4-19(11)12/h5-6H,1-4,7,16H2. The minimum absolute atomic E-state index is 0.397. The van der Waals surface area contributed by atoms with Gasteiger partial charge in [0.15, 0.2) is 5.82 Å². The predicted molar refractivity (Wildman–Crippen MR) is 83.5 cm³/mol. The average Bonchev–Trinajstić information content (AvgIpc) is 2.81. The molecular formula is C13H14Br2N4O. The molecule has 1 aliphatic rings. The van der Waals surface area contributed by atoms with Gasteiger partial charge < -0.3 is 15.0 Å². The largest absolute Gasteiger partial charge is 0.483 e. The Kier molecular flexibility index (Phi) is 3.98. The second-order valence-corrected chi connectivity index (χ2v) is 6.45. The molecule has 2 heterocycles. The van der Waals surface area contributed by atoms with Gasteiger partial charge in [0, 0.05) is 18.7 Å². The second kappa shape index (κ2) is 5.73. The number of nitrogens with zero attached hydrogens (tertiary/aromatic N) is 3. The molecule has 2 N–H and O–H groups in total. The first kappa shape index (κ1) is 13.9. The number of fused-ring (bicyclic) bond motifs is 1. The van der Waals surface area contributed by atoms with E-state index in [1.54, 1.807) is 0 Å². The van der Waals surface area contributed by atoms with Crippen molar-refractivity contribution >= 4 is 37.5 Å². The van der Waals surface area contributed by atoms with Gasteiger partial charge in [0.05, 0.1) is 8.95 Å². The van der Waals surface area contributed by atoms with Crippen molar-refractivity contribution in [3.63, 3.8) is 0 Å². The maximum Gasteiger partial charge on any atom is 0.171 e. The van der Waals surface area contributed by atoms with Gasteiger partial charge in [-0.1, -0.05) is 0 Å². The van der Waals surface area contributed by atoms with Crippen LogP contribution in [0.15, 0.2) is 21.1 Å². The number of hydrogen-bond acceptors (Lipinski definition) is 4. The Bertz CT molecular complexity index is 618. The van der Waals surface area contributed by atoms with E-state index in [1.807, 2.05) is 12.1 Å². The molecule has 20 heavy (non-hydrogen) atoms. The molecule has 0 saturated carbocycles. The Balaban J connectivity index is 1.79. The topological polar surface area (TPSA) is 66.0 Å². The van der Waals surface area contributed by atoms with Gasteiger partial charge in [-0.05, 0) is 56.8 Å². The number of nitrogen functional groups attached to an aromatic ring is 1. The Labute approximate surface area is 133 Å². The molecule has 3 rings (SSSR count). The van der Waals surface area contributed by atoms with Crippen molar-refractivity contribution in [2.24, 2.45) is 0 Å². The van der Waals surface area contributed by atoms with E-state index in [2.05, 4.69) is 46.6 Å². The Morgan fingerprint density at radius 3 is 2.70 bits per heavy atom. The molecule has 0 spiro atoms. The van der Waals surface area contributed by atoms with E-state index in [-0.39, 0.29) is 0 Å². The van der Waals surface area contributed by atoms with Crippen molar-refractivity contribution in [1.82, 2.24) is 14.8 Å². The van der Waals surface area contributed by atoms with Crippen LogP contribution >= 0.6 is 31.9 Å². The molecular weight excluding hydrogens is 388 g/mol. The lowest BCUT2D eigenvalue weighted by Gasteiger charge is -2.15. The Morgan fingerprint density at radius 1 is 1.20 bits per heavy atom. The molecule has 1 aromatic heterocycles. The van der Waals surface area contributed by atoms with E-state index in [0.29, 0.717) is 12.3 Å². The molecule has 1 aliphatic heterocycles. The lowest BCUT2D eigenvalue weighted by atomic mass is 10.2. The van der Waals surface area contributed by atoms with Crippen molar-refractivity contribution in [2.45, 2.75) is 32.4 Å². The number of hydrogen-bond donors (Lipinski definition) is 1. The summed E-state index contributed by atoms with van der Waals surface area (Å²) in [6.45, 7) is 1.37. The molecule has 0 amide bonds. The Hall–Kier alpha value is -1.08. The lowest BCUT2D eigenvalue weighted by Crippen LogP contribution is -2.14. The Morgan fingerprint density at radius 2 is 1.95 bits per heavy atom. The number of nitrogens with two attached hydrogens (primary N) is 1. The van der Waals surface area contributed by atoms with Gasteiger partial charge >= 0.3 is 0 Å². The first-order chi connectivity index (χ1) is 9.65. The van der Waals surface area contributed by atoms with E-state index in [9.17, 15) is 0 Å². The fraction of sp³-hybridized carbons (Fsp3) is 0.385. The van der Waals surface area contributed by atoms with Crippen LogP contribution in [0.25, 0.3) is 0 Å². The van der Waals surface area contributed by atoms with Crippen LogP contribution in [-0.2, 0) is 19.6 Å². The lowest BCUT2D eigenvalue weighted by molar-refractivity contribution is 0.282. The summed E-state index contributed by atoms with van der Waals surface area (Å²) in [5.74, 6) is 2.66. The summed E-state index contributed by atoms with van der Waals surface area (Å²) in [6.07, 6.45) is 3.36. The highest BCUT2D eigenvalue weighted by Gasteiger charge is 2.17. The minimum Gasteiger partial charge on any atom is -0.483 e. The zero-order valence-electron chi connectivity index (χ0n) is 10.8. The third-order valence-corrected chi connectivity index (χ3v) is 4.48. The molecule has 0 radical (unpaired) electrons. The summed E-state index contributed by atoms with van der Waals surface area (Å²) in [6, 6.07) is 3.64. The van der Waals surface area contributed by atoms with Gasteiger partial charge in [-0.3, -0.25) is 0 Å². The number of ether oxygens (including phenoxy) is 1. The molecule has 0 unspecified atom stereocenters. The van der Waals surface area contributed by atoms with Crippen LogP contribution in [-0.4, -0.2) is 14.8 Å². The summed E-state index contributed by atoms with van der Waals surface area (Å²) in [4.78, 5) is 0. The number of aromatic nitrogens is 3. The quantitative estimate of drug-likeness (QED) is 0.801. The van der Waals surface area contributed by atoms with Crippen LogP contribution in [0.3, 0.4) is 0 Å². The number of anilines is 1. The number of rotatable bonds is 3. The monoisotopic (exact) mass is 400 g/mol. The molecule has 2 aromatic rings. The van der Waals surface area contributed by atoms with Crippen molar-refractivity contribution in [2.75, 3.05) is 5.73 Å². The second-order valence-electron chi connectivity index (χ2n) is 4.74. The highest BCUT2D eigenvalue weighted by Crippen LogP contribution is 2.36. The summed E-state index contributed by atoms with van der Waals surface area (Å²) >= 11 is 6.92. The van der Waals surface area contributed by atoms with Crippen molar-refractivity contribution in [3.8, 4) is 5.75 Å². The fourth-order valence-electron chi connectivity index (χ4n) is 2.33. The maximum absolute atomic E-state index is 5.86. The average molecular weight is 402 g/mol. The molecule has 0 atom stereocenters. The van der Waals surface area contributed by atoms with E-state index in [1.165, 1.54) is 12.8 Å². The van der Waals surface area contributed by atoms with Crippen molar-refractivity contribution in [1.29, 1.82) is 0 Å². The van der Waals surface area contributed by atoms with Gasteiger partial charge in [-0.25, -0.2) is 0 Å². The van der Waals surface area contributed by atoms with Crippen molar-refractivity contribution in [3.05, 3.63) is 32.7 Å². The summed E-state index contributed by atoms with van der Waals surface area (Å²) in [7, 11) is 0. The maximum atomic E-state index is 5.86. The van der Waals surface area contributed by atoms with Gasteiger partial charge in [0.1, 0.15) is 18.2 Å². The molecule has 0 fully saturated rings. The summed E-state index contributed by atoms with van der Waals surface area (Å²) in [5.41, 5.74) is 6.45. The minimum atomic E-state index is 0.397. The summed E-state index contributed by atoms with van der Waals surface area (Å²) in [5, 5.41) is 8.44. The van der Waals surface area contributed by atoms with E-state index >= 15 is 0 Å². The molecule has 0 saturated heterocycles. The van der Waals surface area contributed by atoms with Crippen molar-refractivity contribution < 1.29 is 4.74 Å². The van der Waals surface area contributed by atoms with E-state index < -0.39 is 0 Å². The third kappa shape index (κ3) is 2.69. The number of halogens is 2.